The molecule has 41 heavy (non-hydrogen) atoms. The van der Waals surface area contributed by atoms with Crippen LogP contribution in [0.5, 0.6) is 28.7 Å². The first-order valence-electron chi connectivity index (χ1n) is 12.4. The summed E-state index contributed by atoms with van der Waals surface area (Å²) in [6, 6.07) is 14.8. The molecule has 11 nitrogen and oxygen atoms in total. The third-order valence-electron chi connectivity index (χ3n) is 5.53. The second-order valence-corrected chi connectivity index (χ2v) is 9.08. The topological polar surface area (TPSA) is 134 Å². The van der Waals surface area contributed by atoms with Crippen LogP contribution in [0.4, 0.5) is 0 Å². The van der Waals surface area contributed by atoms with E-state index in [0.29, 0.717) is 45.2 Å². The molecule has 3 rings (SSSR count). The number of hydrazone groups is 1. The average Bonchev–Trinajstić information content (AvgIpc) is 2.97. The highest BCUT2D eigenvalue weighted by Gasteiger charge is 2.20. The lowest BCUT2D eigenvalue weighted by atomic mass is 10.1. The number of amides is 2. The molecule has 0 fully saturated rings. The summed E-state index contributed by atoms with van der Waals surface area (Å²) >= 11 is 3.32. The zero-order valence-corrected chi connectivity index (χ0v) is 24.6. The summed E-state index contributed by atoms with van der Waals surface area (Å²) < 4.78 is 27.8. The molecule has 0 aliphatic rings. The number of nitrogens with zero attached hydrogens (tertiary/aromatic N) is 1. The average molecular weight is 628 g/mol. The van der Waals surface area contributed by atoms with Crippen molar-refractivity contribution in [2.24, 2.45) is 5.10 Å². The van der Waals surface area contributed by atoms with Gasteiger partial charge in [-0.05, 0) is 70.9 Å². The van der Waals surface area contributed by atoms with E-state index >= 15 is 0 Å². The summed E-state index contributed by atoms with van der Waals surface area (Å²) in [5, 5.41) is 6.65. The monoisotopic (exact) mass is 627 g/mol. The van der Waals surface area contributed by atoms with E-state index in [1.807, 2.05) is 6.07 Å². The fraction of sp³-hybridized carbons (Fsp3) is 0.241. The maximum Gasteiger partial charge on any atom is 0.343 e. The van der Waals surface area contributed by atoms with Gasteiger partial charge in [-0.3, -0.25) is 9.59 Å². The molecule has 0 radical (unpaired) electrons. The van der Waals surface area contributed by atoms with Gasteiger partial charge in [-0.15, -0.1) is 0 Å². The fourth-order valence-electron chi connectivity index (χ4n) is 3.58. The Morgan fingerprint density at radius 1 is 0.902 bits per heavy atom. The normalized spacial score (nSPS) is 10.6. The Morgan fingerprint density at radius 2 is 1.61 bits per heavy atom. The van der Waals surface area contributed by atoms with E-state index < -0.39 is 5.97 Å². The van der Waals surface area contributed by atoms with Crippen molar-refractivity contribution in [3.63, 3.8) is 0 Å². The largest absolute Gasteiger partial charge is 0.493 e. The van der Waals surface area contributed by atoms with Gasteiger partial charge in [0.25, 0.3) is 5.91 Å². The van der Waals surface area contributed by atoms with Crippen molar-refractivity contribution in [3.8, 4) is 28.7 Å². The van der Waals surface area contributed by atoms with Gasteiger partial charge < -0.3 is 29.0 Å². The number of carbonyl (C=O) groups is 3. The van der Waals surface area contributed by atoms with Crippen LogP contribution in [0.15, 0.2) is 64.2 Å². The van der Waals surface area contributed by atoms with Gasteiger partial charge in [0, 0.05) is 17.4 Å². The number of rotatable bonds is 13. The second kappa shape index (κ2) is 15.3. The number of benzene rings is 3. The van der Waals surface area contributed by atoms with Gasteiger partial charge in [-0.2, -0.15) is 5.10 Å². The number of methoxy groups -OCH3 is 3. The molecule has 0 atom stereocenters. The Morgan fingerprint density at radius 3 is 2.24 bits per heavy atom. The van der Waals surface area contributed by atoms with Crippen LogP contribution in [0, 0.1) is 0 Å². The molecule has 216 valence electrons. The first-order valence-corrected chi connectivity index (χ1v) is 13.2. The van der Waals surface area contributed by atoms with E-state index in [1.165, 1.54) is 39.7 Å². The standard InChI is InChI=1S/C29H30BrN3O8/c1-5-40-23-14-18(17-32-33-26(34)12-13-31-28(35)20-8-6-7-9-21(20)30)10-11-22(23)41-29(36)19-15-24(37-2)27(39-4)25(16-19)38-3/h6-11,14-17H,5,12-13H2,1-4H3,(H,31,35)(H,33,34)/b32-17-. The zero-order valence-electron chi connectivity index (χ0n) is 23.0. The van der Waals surface area contributed by atoms with Gasteiger partial charge in [0.05, 0.1) is 45.3 Å². The van der Waals surface area contributed by atoms with Crippen LogP contribution >= 0.6 is 15.9 Å². The number of hydrogen-bond donors (Lipinski definition) is 2. The summed E-state index contributed by atoms with van der Waals surface area (Å²) in [6.07, 6.45) is 1.46. The van der Waals surface area contributed by atoms with Crippen molar-refractivity contribution >= 4 is 39.9 Å². The van der Waals surface area contributed by atoms with Gasteiger partial charge in [0.1, 0.15) is 0 Å². The van der Waals surface area contributed by atoms with E-state index in [4.69, 9.17) is 23.7 Å². The fourth-order valence-corrected chi connectivity index (χ4v) is 4.04. The van der Waals surface area contributed by atoms with Crippen LogP contribution in [0.1, 0.15) is 39.6 Å². The minimum absolute atomic E-state index is 0.0353. The first-order chi connectivity index (χ1) is 19.8. The maximum absolute atomic E-state index is 12.9. The highest BCUT2D eigenvalue weighted by atomic mass is 79.9. The third kappa shape index (κ3) is 8.45. The number of esters is 1. The minimum atomic E-state index is -0.661. The van der Waals surface area contributed by atoms with E-state index in [9.17, 15) is 14.4 Å². The Kier molecular flexibility index (Phi) is 11.5. The SMILES string of the molecule is CCOc1cc(/C=N\NC(=O)CCNC(=O)c2ccccc2Br)ccc1OC(=O)c1cc(OC)c(OC)c(OC)c1. The van der Waals surface area contributed by atoms with Crippen molar-refractivity contribution in [1.82, 2.24) is 10.7 Å². The van der Waals surface area contributed by atoms with Crippen LogP contribution in [0.25, 0.3) is 0 Å². The Labute approximate surface area is 245 Å². The Bertz CT molecular complexity index is 1400. The molecule has 0 spiro atoms. The molecular formula is C29H30BrN3O8. The predicted molar refractivity (Wildman–Crippen MR) is 155 cm³/mol. The molecule has 0 unspecified atom stereocenters. The predicted octanol–water partition coefficient (Wildman–Crippen LogP) is 4.36. The summed E-state index contributed by atoms with van der Waals surface area (Å²) in [6.45, 7) is 2.25. The summed E-state index contributed by atoms with van der Waals surface area (Å²) in [5.74, 6) is 0.130. The maximum atomic E-state index is 12.9. The number of ether oxygens (including phenoxy) is 5. The van der Waals surface area contributed by atoms with Crippen LogP contribution in [0.2, 0.25) is 0 Å². The molecule has 0 saturated heterocycles. The molecule has 2 N–H and O–H groups in total. The molecule has 3 aromatic carbocycles. The molecule has 0 bridgehead atoms. The minimum Gasteiger partial charge on any atom is -0.493 e. The van der Waals surface area contributed by atoms with Crippen LogP contribution in [-0.2, 0) is 4.79 Å². The van der Waals surface area contributed by atoms with Gasteiger partial charge in [-0.25, -0.2) is 10.2 Å². The molecule has 3 aromatic rings. The molecule has 2 amide bonds. The van der Waals surface area contributed by atoms with Crippen molar-refractivity contribution in [1.29, 1.82) is 0 Å². The van der Waals surface area contributed by atoms with Crippen molar-refractivity contribution in [3.05, 3.63) is 75.8 Å². The second-order valence-electron chi connectivity index (χ2n) is 8.22. The smallest absolute Gasteiger partial charge is 0.343 e. The number of hydrogen-bond acceptors (Lipinski definition) is 9. The lowest BCUT2D eigenvalue weighted by Crippen LogP contribution is -2.29. The van der Waals surface area contributed by atoms with Gasteiger partial charge in [0.2, 0.25) is 11.7 Å². The van der Waals surface area contributed by atoms with Crippen LogP contribution < -0.4 is 34.4 Å². The number of halogens is 1. The van der Waals surface area contributed by atoms with Crippen molar-refractivity contribution in [2.45, 2.75) is 13.3 Å². The highest BCUT2D eigenvalue weighted by Crippen LogP contribution is 2.39. The summed E-state index contributed by atoms with van der Waals surface area (Å²) in [5.41, 5.74) is 3.67. The summed E-state index contributed by atoms with van der Waals surface area (Å²) in [4.78, 5) is 37.3. The first kappa shape index (κ1) is 31.0. The number of carbonyl (C=O) groups excluding carboxylic acids is 3. The molecule has 0 aliphatic carbocycles. The van der Waals surface area contributed by atoms with Gasteiger partial charge in [-0.1, -0.05) is 12.1 Å². The lowest BCUT2D eigenvalue weighted by Gasteiger charge is -2.15. The zero-order chi connectivity index (χ0) is 29.8. The summed E-state index contributed by atoms with van der Waals surface area (Å²) in [7, 11) is 4.37. The third-order valence-corrected chi connectivity index (χ3v) is 6.22. The quantitative estimate of drug-likeness (QED) is 0.124. The van der Waals surface area contributed by atoms with Crippen LogP contribution in [-0.4, -0.2) is 58.5 Å². The molecule has 0 aliphatic heterocycles. The van der Waals surface area contributed by atoms with Gasteiger partial charge in [0.15, 0.2) is 23.0 Å². The Balaban J connectivity index is 1.61. The van der Waals surface area contributed by atoms with Gasteiger partial charge >= 0.3 is 5.97 Å². The molecule has 12 heteroatoms. The van der Waals surface area contributed by atoms with Crippen molar-refractivity contribution in [2.75, 3.05) is 34.5 Å². The number of nitrogens with one attached hydrogen (secondary N) is 2. The molecule has 0 heterocycles. The highest BCUT2D eigenvalue weighted by molar-refractivity contribution is 9.10. The lowest BCUT2D eigenvalue weighted by molar-refractivity contribution is -0.120. The Hall–Kier alpha value is -4.58. The van der Waals surface area contributed by atoms with E-state index in [1.54, 1.807) is 43.3 Å². The molecular weight excluding hydrogens is 598 g/mol. The molecule has 0 aromatic heterocycles. The van der Waals surface area contributed by atoms with E-state index in [0.717, 1.165) is 0 Å². The van der Waals surface area contributed by atoms with Crippen molar-refractivity contribution < 1.29 is 38.1 Å². The van der Waals surface area contributed by atoms with Crippen LogP contribution in [0.3, 0.4) is 0 Å². The molecule has 0 saturated carbocycles. The van der Waals surface area contributed by atoms with E-state index in [-0.39, 0.29) is 36.1 Å². The van der Waals surface area contributed by atoms with E-state index in [2.05, 4.69) is 31.8 Å².